The maximum atomic E-state index is 15.4. The number of alkyl halides is 4. The van der Waals surface area contributed by atoms with Crippen molar-refractivity contribution in [2.75, 3.05) is 0 Å². The third-order valence-corrected chi connectivity index (χ3v) is 7.63. The topological polar surface area (TPSA) is 61.5 Å². The quantitative estimate of drug-likeness (QED) is 0.226. The minimum absolute atomic E-state index is 0.00636. The zero-order valence-corrected chi connectivity index (χ0v) is 23.2. The molecule has 1 unspecified atom stereocenters. The van der Waals surface area contributed by atoms with Crippen LogP contribution in [-0.4, -0.2) is 27.6 Å². The minimum Gasteiger partial charge on any atom is -0.488 e. The third kappa shape index (κ3) is 7.37. The van der Waals surface area contributed by atoms with Gasteiger partial charge in [0.2, 0.25) is 0 Å². The Hall–Kier alpha value is -3.05. The van der Waals surface area contributed by atoms with Gasteiger partial charge in [-0.1, -0.05) is 36.4 Å². The summed E-state index contributed by atoms with van der Waals surface area (Å²) in [6, 6.07) is 15.5. The molecule has 0 aliphatic heterocycles. The summed E-state index contributed by atoms with van der Waals surface area (Å²) >= 11 is 0. The highest BCUT2D eigenvalue weighted by Gasteiger charge is 2.46. The van der Waals surface area contributed by atoms with Gasteiger partial charge in [0.1, 0.15) is 11.6 Å². The van der Waals surface area contributed by atoms with Crippen LogP contribution in [0.5, 0.6) is 11.5 Å². The van der Waals surface area contributed by atoms with Crippen molar-refractivity contribution in [2.45, 2.75) is 69.3 Å². The Morgan fingerprint density at radius 2 is 1.57 bits per heavy atom. The molecule has 218 valence electrons. The van der Waals surface area contributed by atoms with E-state index in [2.05, 4.69) is 4.74 Å². The SMILES string of the molecule is CC(C)Oc1ccc([C@@](Cc2ccccc2)(CC(C)(C)S(N)=O)c2cc(F)cc(OC(F)(F)C(F)F)c2)cc1F. The molecule has 0 aliphatic carbocycles. The first-order valence-corrected chi connectivity index (χ1v) is 13.6. The van der Waals surface area contributed by atoms with E-state index in [0.29, 0.717) is 11.6 Å². The zero-order chi connectivity index (χ0) is 29.9. The van der Waals surface area contributed by atoms with E-state index < -0.39 is 51.1 Å². The summed E-state index contributed by atoms with van der Waals surface area (Å²) in [5, 5.41) is 5.81. The Morgan fingerprint density at radius 3 is 2.12 bits per heavy atom. The summed E-state index contributed by atoms with van der Waals surface area (Å²) < 4.78 is 105. The van der Waals surface area contributed by atoms with Crippen molar-refractivity contribution in [3.8, 4) is 11.5 Å². The second-order valence-corrected chi connectivity index (χ2v) is 12.1. The van der Waals surface area contributed by atoms with Gasteiger partial charge < -0.3 is 9.47 Å². The van der Waals surface area contributed by atoms with Crippen LogP contribution in [0.15, 0.2) is 66.7 Å². The van der Waals surface area contributed by atoms with E-state index in [4.69, 9.17) is 9.88 Å². The van der Waals surface area contributed by atoms with Crippen molar-refractivity contribution in [3.05, 3.63) is 95.1 Å². The van der Waals surface area contributed by atoms with Crippen LogP contribution < -0.4 is 14.6 Å². The molecular formula is C29H31F6NO3S. The van der Waals surface area contributed by atoms with Crippen LogP contribution in [0.2, 0.25) is 0 Å². The van der Waals surface area contributed by atoms with Crippen LogP contribution in [0.3, 0.4) is 0 Å². The van der Waals surface area contributed by atoms with Crippen LogP contribution >= 0.6 is 0 Å². The molecule has 0 amide bonds. The average Bonchev–Trinajstić information content (AvgIpc) is 2.84. The Labute approximate surface area is 232 Å². The molecule has 0 aromatic heterocycles. The summed E-state index contributed by atoms with van der Waals surface area (Å²) in [4.78, 5) is 0. The second-order valence-electron chi connectivity index (χ2n) is 10.4. The molecule has 11 heteroatoms. The fourth-order valence-corrected chi connectivity index (χ4v) is 5.02. The Kier molecular flexibility index (Phi) is 9.62. The van der Waals surface area contributed by atoms with Gasteiger partial charge in [0, 0.05) is 11.5 Å². The van der Waals surface area contributed by atoms with Crippen LogP contribution in [-0.2, 0) is 22.8 Å². The Balaban J connectivity index is 2.35. The molecule has 2 N–H and O–H groups in total. The van der Waals surface area contributed by atoms with E-state index in [0.717, 1.165) is 12.1 Å². The third-order valence-electron chi connectivity index (χ3n) is 6.40. The highest BCUT2D eigenvalue weighted by Crippen LogP contribution is 2.46. The monoisotopic (exact) mass is 587 g/mol. The normalized spacial score (nSPS) is 14.7. The smallest absolute Gasteiger partial charge is 0.461 e. The number of nitrogens with two attached hydrogens (primary N) is 1. The number of halogens is 6. The van der Waals surface area contributed by atoms with Crippen LogP contribution in [0, 0.1) is 11.6 Å². The molecule has 0 spiro atoms. The first kappa shape index (κ1) is 31.5. The first-order chi connectivity index (χ1) is 18.6. The summed E-state index contributed by atoms with van der Waals surface area (Å²) in [5.41, 5.74) is -0.488. The van der Waals surface area contributed by atoms with E-state index in [1.807, 2.05) is 0 Å². The van der Waals surface area contributed by atoms with Gasteiger partial charge >= 0.3 is 12.5 Å². The summed E-state index contributed by atoms with van der Waals surface area (Å²) in [6.07, 6.45) is -9.45. The van der Waals surface area contributed by atoms with Crippen molar-refractivity contribution < 1.29 is 40.0 Å². The fraction of sp³-hybridized carbons (Fsp3) is 0.379. The van der Waals surface area contributed by atoms with Crippen molar-refractivity contribution in [2.24, 2.45) is 5.14 Å². The summed E-state index contributed by atoms with van der Waals surface area (Å²) in [5.74, 6) is -2.70. The lowest BCUT2D eigenvalue weighted by Gasteiger charge is -2.41. The highest BCUT2D eigenvalue weighted by atomic mass is 32.2. The van der Waals surface area contributed by atoms with E-state index in [1.165, 1.54) is 12.1 Å². The van der Waals surface area contributed by atoms with E-state index in [-0.39, 0.29) is 35.8 Å². The molecule has 0 fully saturated rings. The lowest BCUT2D eigenvalue weighted by molar-refractivity contribution is -0.253. The van der Waals surface area contributed by atoms with E-state index in [1.54, 1.807) is 64.1 Å². The average molecular weight is 588 g/mol. The van der Waals surface area contributed by atoms with Crippen LogP contribution in [0.4, 0.5) is 26.3 Å². The van der Waals surface area contributed by atoms with Crippen LogP contribution in [0.25, 0.3) is 0 Å². The molecule has 0 radical (unpaired) electrons. The molecule has 0 bridgehead atoms. The Morgan fingerprint density at radius 1 is 0.925 bits per heavy atom. The van der Waals surface area contributed by atoms with Gasteiger partial charge in [-0.25, -0.2) is 13.0 Å². The first-order valence-electron chi connectivity index (χ1n) is 12.4. The molecular weight excluding hydrogens is 556 g/mol. The molecule has 0 heterocycles. The van der Waals surface area contributed by atoms with Gasteiger partial charge in [0.25, 0.3) is 0 Å². The van der Waals surface area contributed by atoms with Crippen LogP contribution in [0.1, 0.15) is 50.8 Å². The summed E-state index contributed by atoms with van der Waals surface area (Å²) in [7, 11) is -1.94. The maximum absolute atomic E-state index is 15.4. The van der Waals surface area contributed by atoms with Crippen molar-refractivity contribution in [1.82, 2.24) is 0 Å². The van der Waals surface area contributed by atoms with Crippen molar-refractivity contribution >= 4 is 11.0 Å². The predicted octanol–water partition coefficient (Wildman–Crippen LogP) is 7.31. The lowest BCUT2D eigenvalue weighted by Crippen LogP contribution is -2.43. The van der Waals surface area contributed by atoms with Crippen molar-refractivity contribution in [1.29, 1.82) is 0 Å². The summed E-state index contributed by atoms with van der Waals surface area (Å²) in [6.45, 7) is 6.62. The molecule has 0 aliphatic rings. The number of hydrogen-bond donors (Lipinski definition) is 1. The molecule has 40 heavy (non-hydrogen) atoms. The molecule has 0 saturated carbocycles. The van der Waals surface area contributed by atoms with Gasteiger partial charge in [-0.05, 0) is 81.5 Å². The number of rotatable bonds is 12. The van der Waals surface area contributed by atoms with Gasteiger partial charge in [-0.2, -0.15) is 17.6 Å². The molecule has 2 atom stereocenters. The molecule has 0 saturated heterocycles. The minimum atomic E-state index is -4.90. The lowest BCUT2D eigenvalue weighted by atomic mass is 9.66. The van der Waals surface area contributed by atoms with Gasteiger partial charge in [0.05, 0.1) is 21.8 Å². The van der Waals surface area contributed by atoms with E-state index >= 15 is 4.39 Å². The molecule has 3 rings (SSSR count). The molecule has 4 nitrogen and oxygen atoms in total. The fourth-order valence-electron chi connectivity index (χ4n) is 4.63. The van der Waals surface area contributed by atoms with Gasteiger partial charge in [-0.15, -0.1) is 0 Å². The Bertz CT molecular complexity index is 1340. The predicted molar refractivity (Wildman–Crippen MR) is 142 cm³/mol. The number of hydrogen-bond acceptors (Lipinski definition) is 3. The highest BCUT2D eigenvalue weighted by molar-refractivity contribution is 7.84. The zero-order valence-electron chi connectivity index (χ0n) is 22.4. The second kappa shape index (κ2) is 12.2. The maximum Gasteiger partial charge on any atom is 0.461 e. The molecule has 3 aromatic rings. The largest absolute Gasteiger partial charge is 0.488 e. The standard InChI is InChI=1S/C29H31F6NO3S/c1-18(2)38-25-11-10-20(14-24(25)31)28(17-27(3,4)40(36)37,16-19-8-6-5-7-9-19)21-12-22(30)15-23(13-21)39-29(34,35)26(32)33/h5-15,18,26H,16-17,36H2,1-4H3/t28-,40?/m1/s1. The van der Waals surface area contributed by atoms with E-state index in [9.17, 15) is 26.2 Å². The van der Waals surface area contributed by atoms with Gasteiger partial charge in [0.15, 0.2) is 11.6 Å². The number of ether oxygens (including phenoxy) is 2. The van der Waals surface area contributed by atoms with Gasteiger partial charge in [-0.3, -0.25) is 5.14 Å². The molecule has 3 aromatic carbocycles. The van der Waals surface area contributed by atoms with Crippen molar-refractivity contribution in [3.63, 3.8) is 0 Å². The number of benzene rings is 3.